The molecule has 4 N–H and O–H groups in total. The van der Waals surface area contributed by atoms with Crippen LogP contribution in [0.15, 0.2) is 16.9 Å². The number of H-pyrrole nitrogens is 1. The number of nitrogens with one attached hydrogen (secondary N) is 4. The van der Waals surface area contributed by atoms with Crippen LogP contribution in [-0.2, 0) is 30.3 Å². The van der Waals surface area contributed by atoms with Gasteiger partial charge in [0, 0.05) is 13.2 Å². The number of hydrogen-bond donors (Lipinski definition) is 4. The quantitative estimate of drug-likeness (QED) is 0.235. The summed E-state index contributed by atoms with van der Waals surface area (Å²) in [5.41, 5.74) is -0.915. The molecule has 0 saturated carbocycles. The van der Waals surface area contributed by atoms with E-state index in [2.05, 4.69) is 36.3 Å². The van der Waals surface area contributed by atoms with Crippen LogP contribution in [0.5, 0.6) is 0 Å². The first-order chi connectivity index (χ1) is 17.1. The van der Waals surface area contributed by atoms with Gasteiger partial charge in [-0.05, 0) is 19.3 Å². The van der Waals surface area contributed by atoms with Crippen molar-refractivity contribution in [3.63, 3.8) is 0 Å². The van der Waals surface area contributed by atoms with Gasteiger partial charge in [-0.25, -0.2) is 4.98 Å². The first-order valence-electron chi connectivity index (χ1n) is 11.5. The zero-order valence-corrected chi connectivity index (χ0v) is 20.6. The number of amides is 3. The van der Waals surface area contributed by atoms with Crippen molar-refractivity contribution in [1.82, 2.24) is 36.3 Å². The Labute approximate surface area is 207 Å². The molecule has 196 valence electrons. The molecule has 14 nitrogen and oxygen atoms in total. The summed E-state index contributed by atoms with van der Waals surface area (Å²) in [4.78, 5) is 54.3. The predicted octanol–water partition coefficient (Wildman–Crippen LogP) is -0.867. The van der Waals surface area contributed by atoms with Gasteiger partial charge >= 0.3 is 0 Å². The number of carbonyl (C=O) groups is 4. The number of carbonyl (C=O) groups excluding carboxylic acids is 4. The molecular weight excluding hydrogens is 474 g/mol. The third-order valence-electron chi connectivity index (χ3n) is 5.43. The van der Waals surface area contributed by atoms with Gasteiger partial charge in [0.1, 0.15) is 29.6 Å². The molecule has 0 aromatic carbocycles. The van der Waals surface area contributed by atoms with Crippen molar-refractivity contribution in [3.05, 3.63) is 29.7 Å². The van der Waals surface area contributed by atoms with E-state index in [9.17, 15) is 19.2 Å². The van der Waals surface area contributed by atoms with Crippen molar-refractivity contribution < 1.29 is 33.2 Å². The van der Waals surface area contributed by atoms with Gasteiger partial charge in [0.05, 0.1) is 32.2 Å². The van der Waals surface area contributed by atoms with Crippen LogP contribution < -0.4 is 16.0 Å². The highest BCUT2D eigenvalue weighted by molar-refractivity contribution is 5.98. The van der Waals surface area contributed by atoms with E-state index < -0.39 is 35.4 Å². The standard InChI is InChI=1S/C22H31N7O7/c1-12(2)5-14(19(31)22(3)10-35-22)26-18(30)8-23-20(32)16(9-34-4)27-21(33)15-6-13(36-29-15)7-17-24-11-25-28-17/h6,11-12,14,16H,5,7-10H2,1-4H3,(H,23,32)(H,26,30)(H,27,33)(H,24,25,28). The van der Waals surface area contributed by atoms with Crippen molar-refractivity contribution in [2.75, 3.05) is 26.9 Å². The third-order valence-corrected chi connectivity index (χ3v) is 5.43. The molecule has 0 spiro atoms. The lowest BCUT2D eigenvalue weighted by Gasteiger charge is -2.22. The lowest BCUT2D eigenvalue weighted by atomic mass is 9.93. The summed E-state index contributed by atoms with van der Waals surface area (Å²) in [6.45, 7) is 5.34. The van der Waals surface area contributed by atoms with Gasteiger partial charge in [-0.15, -0.1) is 0 Å². The summed E-state index contributed by atoms with van der Waals surface area (Å²) < 4.78 is 15.4. The number of nitrogens with zero attached hydrogens (tertiary/aromatic N) is 3. The summed E-state index contributed by atoms with van der Waals surface area (Å²) in [5, 5.41) is 17.8. The van der Waals surface area contributed by atoms with Crippen LogP contribution in [0, 0.1) is 5.92 Å². The van der Waals surface area contributed by atoms with E-state index in [-0.39, 0.29) is 37.0 Å². The molecule has 1 aliphatic heterocycles. The average Bonchev–Trinajstić information content (AvgIpc) is 3.20. The normalized spacial score (nSPS) is 18.4. The second-order valence-corrected chi connectivity index (χ2v) is 9.12. The van der Waals surface area contributed by atoms with Crippen molar-refractivity contribution >= 4 is 23.5 Å². The van der Waals surface area contributed by atoms with Gasteiger partial charge in [-0.2, -0.15) is 5.10 Å². The van der Waals surface area contributed by atoms with Crippen LogP contribution in [0.3, 0.4) is 0 Å². The average molecular weight is 506 g/mol. The van der Waals surface area contributed by atoms with Crippen LogP contribution in [0.4, 0.5) is 0 Å². The second-order valence-electron chi connectivity index (χ2n) is 9.12. The monoisotopic (exact) mass is 505 g/mol. The molecule has 3 amide bonds. The Kier molecular flexibility index (Phi) is 8.88. The van der Waals surface area contributed by atoms with Gasteiger partial charge in [0.2, 0.25) is 11.8 Å². The first kappa shape index (κ1) is 26.9. The third kappa shape index (κ3) is 7.42. The van der Waals surface area contributed by atoms with E-state index in [1.165, 1.54) is 19.5 Å². The number of methoxy groups -OCH3 is 1. The number of rotatable bonds is 14. The molecule has 2 aromatic heterocycles. The summed E-state index contributed by atoms with van der Waals surface area (Å²) in [6, 6.07) is -0.408. The Hall–Kier alpha value is -3.65. The molecule has 14 heteroatoms. The van der Waals surface area contributed by atoms with Crippen LogP contribution in [0.2, 0.25) is 0 Å². The van der Waals surface area contributed by atoms with Crippen molar-refractivity contribution in [1.29, 1.82) is 0 Å². The summed E-state index contributed by atoms with van der Waals surface area (Å²) in [5.74, 6) is -0.982. The Morgan fingerprint density at radius 3 is 2.58 bits per heavy atom. The largest absolute Gasteiger partial charge is 0.382 e. The van der Waals surface area contributed by atoms with Gasteiger partial charge in [-0.1, -0.05) is 19.0 Å². The van der Waals surface area contributed by atoms with Crippen LogP contribution >= 0.6 is 0 Å². The zero-order valence-electron chi connectivity index (χ0n) is 20.6. The number of hydrogen-bond acceptors (Lipinski definition) is 10. The first-order valence-corrected chi connectivity index (χ1v) is 11.5. The molecule has 0 radical (unpaired) electrons. The molecule has 1 aliphatic rings. The zero-order chi connectivity index (χ0) is 26.3. The lowest BCUT2D eigenvalue weighted by Crippen LogP contribution is -2.53. The molecular formula is C22H31N7O7. The molecule has 0 bridgehead atoms. The Bertz CT molecular complexity index is 1060. The maximum atomic E-state index is 12.7. The molecule has 3 heterocycles. The summed E-state index contributed by atoms with van der Waals surface area (Å²) in [7, 11) is 1.37. The molecule has 36 heavy (non-hydrogen) atoms. The number of aromatic amines is 1. The fraction of sp³-hybridized carbons (Fsp3) is 0.591. The molecule has 3 atom stereocenters. The van der Waals surface area contributed by atoms with E-state index in [4.69, 9.17) is 14.0 Å². The Balaban J connectivity index is 1.52. The maximum Gasteiger partial charge on any atom is 0.274 e. The predicted molar refractivity (Wildman–Crippen MR) is 123 cm³/mol. The van der Waals surface area contributed by atoms with E-state index in [0.29, 0.717) is 24.6 Å². The maximum absolute atomic E-state index is 12.7. The number of ketones is 1. The van der Waals surface area contributed by atoms with E-state index in [1.807, 2.05) is 13.8 Å². The highest BCUT2D eigenvalue weighted by Gasteiger charge is 2.50. The number of ether oxygens (including phenoxy) is 2. The van der Waals surface area contributed by atoms with E-state index >= 15 is 0 Å². The summed E-state index contributed by atoms with van der Waals surface area (Å²) in [6.07, 6.45) is 2.04. The van der Waals surface area contributed by atoms with Crippen molar-refractivity contribution in [2.45, 2.75) is 51.3 Å². The Morgan fingerprint density at radius 1 is 1.22 bits per heavy atom. The van der Waals surface area contributed by atoms with E-state index in [1.54, 1.807) is 6.92 Å². The number of epoxide rings is 1. The van der Waals surface area contributed by atoms with Crippen LogP contribution in [-0.4, -0.2) is 88.4 Å². The lowest BCUT2D eigenvalue weighted by molar-refractivity contribution is -0.131. The summed E-state index contributed by atoms with van der Waals surface area (Å²) >= 11 is 0. The molecule has 3 rings (SSSR count). The fourth-order valence-corrected chi connectivity index (χ4v) is 3.42. The van der Waals surface area contributed by atoms with Crippen LogP contribution in [0.25, 0.3) is 0 Å². The number of aromatic nitrogens is 4. The minimum Gasteiger partial charge on any atom is -0.382 e. The van der Waals surface area contributed by atoms with Crippen molar-refractivity contribution in [3.8, 4) is 0 Å². The van der Waals surface area contributed by atoms with Gasteiger partial charge in [0.15, 0.2) is 11.5 Å². The molecule has 2 aromatic rings. The molecule has 3 unspecified atom stereocenters. The topological polar surface area (TPSA) is 194 Å². The van der Waals surface area contributed by atoms with E-state index in [0.717, 1.165) is 0 Å². The number of Topliss-reactive ketones (excluding diaryl/α,β-unsaturated/α-hetero) is 1. The minimum absolute atomic E-state index is 0.0398. The SMILES string of the molecule is COCC(NC(=O)c1cc(Cc2ncn[nH]2)on1)C(=O)NCC(=O)NC(CC(C)C)C(=O)C1(C)CO1. The van der Waals surface area contributed by atoms with Gasteiger partial charge in [-0.3, -0.25) is 24.3 Å². The van der Waals surface area contributed by atoms with Gasteiger partial charge in [0.25, 0.3) is 5.91 Å². The molecule has 1 fully saturated rings. The molecule has 0 aliphatic carbocycles. The Morgan fingerprint density at radius 2 is 1.97 bits per heavy atom. The minimum atomic E-state index is -1.10. The van der Waals surface area contributed by atoms with Crippen LogP contribution in [0.1, 0.15) is 49.3 Å². The van der Waals surface area contributed by atoms with Crippen molar-refractivity contribution in [2.24, 2.45) is 5.92 Å². The molecule has 1 saturated heterocycles. The smallest absolute Gasteiger partial charge is 0.274 e. The highest BCUT2D eigenvalue weighted by Crippen LogP contribution is 2.29. The van der Waals surface area contributed by atoms with Gasteiger partial charge < -0.3 is 29.9 Å². The fourth-order valence-electron chi connectivity index (χ4n) is 3.42. The highest BCUT2D eigenvalue weighted by atomic mass is 16.6. The second kappa shape index (κ2) is 11.9.